The van der Waals surface area contributed by atoms with E-state index in [1.165, 1.54) is 5.56 Å². The average Bonchev–Trinajstić information content (AvgIpc) is 2.49. The summed E-state index contributed by atoms with van der Waals surface area (Å²) in [6, 6.07) is 12.4. The number of nitriles is 1. The summed E-state index contributed by atoms with van der Waals surface area (Å²) in [4.78, 5) is 16.1. The van der Waals surface area contributed by atoms with Crippen LogP contribution < -0.4 is 0 Å². The van der Waals surface area contributed by atoms with Gasteiger partial charge in [-0.15, -0.1) is 0 Å². The zero-order chi connectivity index (χ0) is 14.2. The normalized spacial score (nSPS) is 15.8. The van der Waals surface area contributed by atoms with E-state index in [-0.39, 0.29) is 5.91 Å². The maximum Gasteiger partial charge on any atom is 0.222 e. The molecule has 1 aliphatic rings. The number of hydrogen-bond acceptors (Lipinski definition) is 3. The van der Waals surface area contributed by atoms with Gasteiger partial charge in [0, 0.05) is 32.6 Å². The Hall–Kier alpha value is -1.86. The highest BCUT2D eigenvalue weighted by atomic mass is 16.2. The third-order valence-corrected chi connectivity index (χ3v) is 3.72. The summed E-state index contributed by atoms with van der Waals surface area (Å²) in [5, 5.41) is 8.65. The van der Waals surface area contributed by atoms with Gasteiger partial charge in [-0.2, -0.15) is 5.26 Å². The summed E-state index contributed by atoms with van der Waals surface area (Å²) in [5.74, 6) is 0.248. The maximum absolute atomic E-state index is 12.1. The van der Waals surface area contributed by atoms with E-state index in [0.29, 0.717) is 13.0 Å². The summed E-state index contributed by atoms with van der Waals surface area (Å²) in [6.45, 7) is 3.61. The van der Waals surface area contributed by atoms with Crippen LogP contribution in [0.2, 0.25) is 0 Å². The number of benzene rings is 1. The summed E-state index contributed by atoms with van der Waals surface area (Å²) in [6.07, 6.45) is 2.48. The fourth-order valence-electron chi connectivity index (χ4n) is 2.50. The number of carbonyl (C=O) groups is 1. The number of aryl methyl sites for hydroxylation is 1. The van der Waals surface area contributed by atoms with Crippen molar-refractivity contribution in [1.29, 1.82) is 5.26 Å². The molecule has 0 saturated carbocycles. The molecule has 0 atom stereocenters. The molecule has 1 heterocycles. The molecule has 1 amide bonds. The van der Waals surface area contributed by atoms with Crippen molar-refractivity contribution in [3.8, 4) is 6.07 Å². The van der Waals surface area contributed by atoms with Gasteiger partial charge in [0.15, 0.2) is 0 Å². The standard InChI is InChI=1S/C16H21N3O/c17-9-10-18-11-13-19(14-12-18)16(20)8-4-7-15-5-2-1-3-6-15/h1-3,5-6H,4,7-8,10-14H2. The molecule has 1 fully saturated rings. The molecule has 0 unspecified atom stereocenters. The zero-order valence-corrected chi connectivity index (χ0v) is 11.8. The molecule has 1 aliphatic heterocycles. The van der Waals surface area contributed by atoms with Gasteiger partial charge in [-0.05, 0) is 18.4 Å². The molecular formula is C16H21N3O. The van der Waals surface area contributed by atoms with Crippen LogP contribution in [0.15, 0.2) is 30.3 Å². The minimum Gasteiger partial charge on any atom is -0.340 e. The van der Waals surface area contributed by atoms with Gasteiger partial charge in [-0.3, -0.25) is 9.69 Å². The summed E-state index contributed by atoms with van der Waals surface area (Å²) < 4.78 is 0. The van der Waals surface area contributed by atoms with Gasteiger partial charge in [-0.1, -0.05) is 30.3 Å². The predicted molar refractivity (Wildman–Crippen MR) is 78.0 cm³/mol. The van der Waals surface area contributed by atoms with E-state index in [1.807, 2.05) is 23.1 Å². The van der Waals surface area contributed by atoms with Crippen LogP contribution in [0.25, 0.3) is 0 Å². The monoisotopic (exact) mass is 271 g/mol. The Morgan fingerprint density at radius 2 is 1.85 bits per heavy atom. The Bertz CT molecular complexity index is 458. The molecule has 0 bridgehead atoms. The maximum atomic E-state index is 12.1. The minimum absolute atomic E-state index is 0.248. The van der Waals surface area contributed by atoms with Gasteiger partial charge in [0.1, 0.15) is 0 Å². The first kappa shape index (κ1) is 14.5. The van der Waals surface area contributed by atoms with Crippen LogP contribution >= 0.6 is 0 Å². The Morgan fingerprint density at radius 3 is 2.50 bits per heavy atom. The van der Waals surface area contributed by atoms with Crippen LogP contribution in [0.1, 0.15) is 18.4 Å². The van der Waals surface area contributed by atoms with Gasteiger partial charge < -0.3 is 4.90 Å². The lowest BCUT2D eigenvalue weighted by atomic mass is 10.1. The third kappa shape index (κ3) is 4.36. The minimum atomic E-state index is 0.248. The van der Waals surface area contributed by atoms with E-state index >= 15 is 0 Å². The van der Waals surface area contributed by atoms with Gasteiger partial charge in [0.2, 0.25) is 5.91 Å². The molecule has 2 rings (SSSR count). The van der Waals surface area contributed by atoms with Crippen molar-refractivity contribution in [2.75, 3.05) is 32.7 Å². The van der Waals surface area contributed by atoms with Gasteiger partial charge in [0.05, 0.1) is 12.6 Å². The van der Waals surface area contributed by atoms with Crippen LogP contribution in [0.5, 0.6) is 0 Å². The first-order chi connectivity index (χ1) is 9.79. The average molecular weight is 271 g/mol. The van der Waals surface area contributed by atoms with Gasteiger partial charge in [-0.25, -0.2) is 0 Å². The van der Waals surface area contributed by atoms with Crippen LogP contribution in [-0.4, -0.2) is 48.4 Å². The SMILES string of the molecule is N#CCN1CCN(C(=O)CCCc2ccccc2)CC1. The molecule has 1 saturated heterocycles. The highest BCUT2D eigenvalue weighted by Gasteiger charge is 2.20. The molecular weight excluding hydrogens is 250 g/mol. The molecule has 1 aromatic rings. The molecule has 0 aliphatic carbocycles. The number of carbonyl (C=O) groups excluding carboxylic acids is 1. The Morgan fingerprint density at radius 1 is 1.15 bits per heavy atom. The topological polar surface area (TPSA) is 47.3 Å². The fraction of sp³-hybridized carbons (Fsp3) is 0.500. The number of hydrogen-bond donors (Lipinski definition) is 0. The van der Waals surface area contributed by atoms with Crippen molar-refractivity contribution >= 4 is 5.91 Å². The molecule has 0 radical (unpaired) electrons. The van der Waals surface area contributed by atoms with Crippen LogP contribution in [0, 0.1) is 11.3 Å². The third-order valence-electron chi connectivity index (χ3n) is 3.72. The number of piperazine rings is 1. The fourth-order valence-corrected chi connectivity index (χ4v) is 2.50. The van der Waals surface area contributed by atoms with Crippen molar-refractivity contribution < 1.29 is 4.79 Å². The highest BCUT2D eigenvalue weighted by Crippen LogP contribution is 2.08. The number of nitrogens with zero attached hydrogens (tertiary/aromatic N) is 3. The van der Waals surface area contributed by atoms with E-state index in [0.717, 1.165) is 39.0 Å². The van der Waals surface area contributed by atoms with Gasteiger partial charge in [0.25, 0.3) is 0 Å². The van der Waals surface area contributed by atoms with E-state index in [4.69, 9.17) is 5.26 Å². The Labute approximate surface area is 120 Å². The van der Waals surface area contributed by atoms with Crippen molar-refractivity contribution in [2.45, 2.75) is 19.3 Å². The molecule has 4 nitrogen and oxygen atoms in total. The Kier molecular flexibility index (Phi) is 5.57. The van der Waals surface area contributed by atoms with Crippen molar-refractivity contribution in [1.82, 2.24) is 9.80 Å². The Balaban J connectivity index is 1.67. The van der Waals surface area contributed by atoms with E-state index < -0.39 is 0 Å². The molecule has 4 heteroatoms. The lowest BCUT2D eigenvalue weighted by molar-refractivity contribution is -0.132. The van der Waals surface area contributed by atoms with Crippen LogP contribution in [-0.2, 0) is 11.2 Å². The smallest absolute Gasteiger partial charge is 0.222 e. The molecule has 20 heavy (non-hydrogen) atoms. The zero-order valence-electron chi connectivity index (χ0n) is 11.8. The van der Waals surface area contributed by atoms with Crippen molar-refractivity contribution in [3.05, 3.63) is 35.9 Å². The van der Waals surface area contributed by atoms with E-state index in [1.54, 1.807) is 0 Å². The quantitative estimate of drug-likeness (QED) is 0.765. The second kappa shape index (κ2) is 7.66. The summed E-state index contributed by atoms with van der Waals surface area (Å²) in [7, 11) is 0. The highest BCUT2D eigenvalue weighted by molar-refractivity contribution is 5.76. The van der Waals surface area contributed by atoms with E-state index in [9.17, 15) is 4.79 Å². The molecule has 0 aromatic heterocycles. The molecule has 0 N–H and O–H groups in total. The lowest BCUT2D eigenvalue weighted by Crippen LogP contribution is -2.48. The molecule has 1 aromatic carbocycles. The van der Waals surface area contributed by atoms with Crippen molar-refractivity contribution in [3.63, 3.8) is 0 Å². The second-order valence-electron chi connectivity index (χ2n) is 5.15. The van der Waals surface area contributed by atoms with Crippen LogP contribution in [0.3, 0.4) is 0 Å². The van der Waals surface area contributed by atoms with Gasteiger partial charge >= 0.3 is 0 Å². The summed E-state index contributed by atoms with van der Waals surface area (Å²) >= 11 is 0. The van der Waals surface area contributed by atoms with Crippen molar-refractivity contribution in [2.24, 2.45) is 0 Å². The lowest BCUT2D eigenvalue weighted by Gasteiger charge is -2.33. The molecule has 0 spiro atoms. The second-order valence-corrected chi connectivity index (χ2v) is 5.15. The first-order valence-corrected chi connectivity index (χ1v) is 7.20. The molecule has 106 valence electrons. The summed E-state index contributed by atoms with van der Waals surface area (Å²) in [5.41, 5.74) is 1.29. The predicted octanol–water partition coefficient (Wildman–Crippen LogP) is 1.68. The van der Waals surface area contributed by atoms with E-state index in [2.05, 4.69) is 23.1 Å². The number of amides is 1. The largest absolute Gasteiger partial charge is 0.340 e. The first-order valence-electron chi connectivity index (χ1n) is 7.20. The number of rotatable bonds is 5. The van der Waals surface area contributed by atoms with Crippen LogP contribution in [0.4, 0.5) is 0 Å².